The van der Waals surface area contributed by atoms with Crippen LogP contribution in [0.2, 0.25) is 0 Å². The molecular weight excluding hydrogens is 279 g/mol. The quantitative estimate of drug-likeness (QED) is 0.640. The van der Waals surface area contributed by atoms with Crippen LogP contribution in [0.3, 0.4) is 0 Å². The Bertz CT molecular complexity index is 702. The van der Waals surface area contributed by atoms with Gasteiger partial charge in [-0.2, -0.15) is 8.42 Å². The Balaban J connectivity index is 2.09. The van der Waals surface area contributed by atoms with E-state index < -0.39 is 10.1 Å². The highest BCUT2D eigenvalue weighted by Crippen LogP contribution is 2.14. The second-order valence-electron chi connectivity index (χ2n) is 4.22. The molecule has 2 aromatic rings. The van der Waals surface area contributed by atoms with E-state index in [1.807, 2.05) is 6.92 Å². The Labute approximate surface area is 117 Å². The molecule has 0 aromatic heterocycles. The normalized spacial score (nSPS) is 11.7. The summed E-state index contributed by atoms with van der Waals surface area (Å²) in [7, 11) is -3.82. The molecule has 0 fully saturated rings. The zero-order valence-electron chi connectivity index (χ0n) is 10.8. The van der Waals surface area contributed by atoms with Crippen LogP contribution < -0.4 is 0 Å². The fraction of sp³-hybridized carbons (Fsp3) is 0.0667. The minimum absolute atomic E-state index is 0.0897. The van der Waals surface area contributed by atoms with Crippen molar-refractivity contribution in [3.8, 4) is 0 Å². The Hall–Kier alpha value is -2.14. The molecule has 0 bridgehead atoms. The van der Waals surface area contributed by atoms with Crippen LogP contribution in [0.15, 0.2) is 59.7 Å². The lowest BCUT2D eigenvalue weighted by molar-refractivity contribution is 0.445. The highest BCUT2D eigenvalue weighted by atomic mass is 32.2. The Morgan fingerprint density at radius 2 is 1.60 bits per heavy atom. The average molecular weight is 292 g/mol. The van der Waals surface area contributed by atoms with Crippen molar-refractivity contribution >= 4 is 16.2 Å². The first-order valence-electron chi connectivity index (χ1n) is 5.89. The summed E-state index contributed by atoms with van der Waals surface area (Å²) in [5.41, 5.74) is 1.61. The van der Waals surface area contributed by atoms with Gasteiger partial charge in [0, 0.05) is 0 Å². The van der Waals surface area contributed by atoms with Crippen molar-refractivity contribution in [3.05, 3.63) is 71.7 Å². The molecule has 0 aliphatic carbocycles. The van der Waals surface area contributed by atoms with Crippen LogP contribution in [0.4, 0.5) is 4.39 Å². The number of halogens is 1. The van der Waals surface area contributed by atoms with E-state index >= 15 is 0 Å². The van der Waals surface area contributed by atoms with Crippen molar-refractivity contribution in [1.82, 2.24) is 0 Å². The number of hydrogen-bond acceptors (Lipinski definition) is 3. The van der Waals surface area contributed by atoms with Gasteiger partial charge in [-0.3, -0.25) is 0 Å². The minimum Gasteiger partial charge on any atom is -0.387 e. The van der Waals surface area contributed by atoms with Gasteiger partial charge in [-0.05, 0) is 42.8 Å². The van der Waals surface area contributed by atoms with E-state index in [1.54, 1.807) is 12.1 Å². The van der Waals surface area contributed by atoms with E-state index in [0.717, 1.165) is 11.8 Å². The van der Waals surface area contributed by atoms with E-state index in [2.05, 4.69) is 0 Å². The van der Waals surface area contributed by atoms with Gasteiger partial charge in [0.25, 0.3) is 0 Å². The van der Waals surface area contributed by atoms with Crippen molar-refractivity contribution in [2.45, 2.75) is 11.8 Å². The maximum absolute atomic E-state index is 12.7. The molecule has 20 heavy (non-hydrogen) atoms. The van der Waals surface area contributed by atoms with E-state index in [9.17, 15) is 12.8 Å². The number of rotatable bonds is 4. The lowest BCUT2D eigenvalue weighted by atomic mass is 10.2. The zero-order valence-corrected chi connectivity index (χ0v) is 11.6. The Kier molecular flexibility index (Phi) is 4.20. The molecular formula is C15H13FO3S. The first-order chi connectivity index (χ1) is 9.47. The lowest BCUT2D eigenvalue weighted by Gasteiger charge is -2.03. The third-order valence-corrected chi connectivity index (χ3v) is 3.84. The van der Waals surface area contributed by atoms with E-state index in [0.29, 0.717) is 5.56 Å². The highest BCUT2D eigenvalue weighted by Gasteiger charge is 2.13. The molecule has 0 amide bonds. The highest BCUT2D eigenvalue weighted by molar-refractivity contribution is 7.86. The molecule has 0 radical (unpaired) electrons. The van der Waals surface area contributed by atoms with Crippen molar-refractivity contribution in [3.63, 3.8) is 0 Å². The molecule has 0 N–H and O–H groups in total. The summed E-state index contributed by atoms with van der Waals surface area (Å²) in [6, 6.07) is 12.0. The van der Waals surface area contributed by atoms with Gasteiger partial charge in [0.2, 0.25) is 0 Å². The van der Waals surface area contributed by atoms with Gasteiger partial charge in [-0.15, -0.1) is 0 Å². The summed E-state index contributed by atoms with van der Waals surface area (Å²) < 4.78 is 41.2. The smallest absolute Gasteiger partial charge is 0.338 e. The number of benzene rings is 2. The molecule has 2 aromatic carbocycles. The molecule has 0 atom stereocenters. The van der Waals surface area contributed by atoms with Crippen LogP contribution in [0.5, 0.6) is 0 Å². The summed E-state index contributed by atoms with van der Waals surface area (Å²) in [6.45, 7) is 1.87. The zero-order chi connectivity index (χ0) is 14.6. The maximum atomic E-state index is 12.7. The topological polar surface area (TPSA) is 43.4 Å². The van der Waals surface area contributed by atoms with Crippen molar-refractivity contribution < 1.29 is 17.0 Å². The first-order valence-corrected chi connectivity index (χ1v) is 7.30. The van der Waals surface area contributed by atoms with Crippen LogP contribution in [-0.4, -0.2) is 8.42 Å². The SMILES string of the molecule is Cc1ccc(S(=O)(=O)O/C=C\c2ccc(F)cc2)cc1. The fourth-order valence-electron chi connectivity index (χ4n) is 1.51. The van der Waals surface area contributed by atoms with E-state index in [4.69, 9.17) is 4.18 Å². The summed E-state index contributed by atoms with van der Waals surface area (Å²) in [6.07, 6.45) is 2.52. The number of hydrogen-bond donors (Lipinski definition) is 0. The van der Waals surface area contributed by atoms with Crippen molar-refractivity contribution in [1.29, 1.82) is 0 Å². The van der Waals surface area contributed by atoms with Gasteiger partial charge in [0.05, 0.1) is 0 Å². The largest absolute Gasteiger partial charge is 0.387 e. The molecule has 0 heterocycles. The minimum atomic E-state index is -3.82. The molecule has 0 aliphatic rings. The third-order valence-electron chi connectivity index (χ3n) is 2.62. The molecule has 0 unspecified atom stereocenters. The van der Waals surface area contributed by atoms with E-state index in [1.165, 1.54) is 42.5 Å². The summed E-state index contributed by atoms with van der Waals surface area (Å²) in [5.74, 6) is -0.352. The van der Waals surface area contributed by atoms with E-state index in [-0.39, 0.29) is 10.7 Å². The molecule has 0 spiro atoms. The lowest BCUT2D eigenvalue weighted by Crippen LogP contribution is -2.01. The number of aryl methyl sites for hydroxylation is 1. The Morgan fingerprint density at radius 3 is 2.20 bits per heavy atom. The molecule has 0 aliphatic heterocycles. The molecule has 3 nitrogen and oxygen atoms in total. The average Bonchev–Trinajstić information content (AvgIpc) is 2.41. The molecule has 5 heteroatoms. The predicted octanol–water partition coefficient (Wildman–Crippen LogP) is 3.51. The summed E-state index contributed by atoms with van der Waals surface area (Å²) >= 11 is 0. The van der Waals surface area contributed by atoms with Gasteiger partial charge in [0.1, 0.15) is 17.0 Å². The molecule has 0 saturated carbocycles. The summed E-state index contributed by atoms with van der Waals surface area (Å²) in [4.78, 5) is 0.0897. The van der Waals surface area contributed by atoms with Crippen LogP contribution in [0.25, 0.3) is 6.08 Å². The van der Waals surface area contributed by atoms with Crippen LogP contribution in [0.1, 0.15) is 11.1 Å². The van der Waals surface area contributed by atoms with Crippen molar-refractivity contribution in [2.75, 3.05) is 0 Å². The third kappa shape index (κ3) is 3.68. The van der Waals surface area contributed by atoms with Crippen LogP contribution in [0, 0.1) is 12.7 Å². The summed E-state index contributed by atoms with van der Waals surface area (Å²) in [5, 5.41) is 0. The van der Waals surface area contributed by atoms with Crippen LogP contribution >= 0.6 is 0 Å². The predicted molar refractivity (Wildman–Crippen MR) is 74.9 cm³/mol. The van der Waals surface area contributed by atoms with Gasteiger partial charge < -0.3 is 4.18 Å². The van der Waals surface area contributed by atoms with Crippen molar-refractivity contribution in [2.24, 2.45) is 0 Å². The first kappa shape index (κ1) is 14.3. The second kappa shape index (κ2) is 5.88. The standard InChI is InChI=1S/C15H13FO3S/c1-12-2-8-15(9-3-12)20(17,18)19-11-10-13-4-6-14(16)7-5-13/h2-11H,1H3/b11-10-. The Morgan fingerprint density at radius 1 is 1.00 bits per heavy atom. The second-order valence-corrected chi connectivity index (χ2v) is 5.79. The maximum Gasteiger partial charge on any atom is 0.338 e. The van der Waals surface area contributed by atoms with Gasteiger partial charge in [0.15, 0.2) is 0 Å². The molecule has 2 rings (SSSR count). The molecule has 104 valence electrons. The van der Waals surface area contributed by atoms with Gasteiger partial charge >= 0.3 is 10.1 Å². The molecule has 0 saturated heterocycles. The fourth-order valence-corrected chi connectivity index (χ4v) is 2.30. The van der Waals surface area contributed by atoms with Gasteiger partial charge in [-0.25, -0.2) is 4.39 Å². The van der Waals surface area contributed by atoms with Gasteiger partial charge in [-0.1, -0.05) is 29.8 Å². The van der Waals surface area contributed by atoms with Crippen LogP contribution in [-0.2, 0) is 14.3 Å². The monoisotopic (exact) mass is 292 g/mol.